The molecule has 11 nitrogen and oxygen atoms in total. The lowest BCUT2D eigenvalue weighted by Gasteiger charge is -2.43. The van der Waals surface area contributed by atoms with Crippen LogP contribution in [-0.4, -0.2) is 88.9 Å². The number of nitriles is 2. The van der Waals surface area contributed by atoms with E-state index in [9.17, 15) is 15.3 Å². The fourth-order valence-electron chi connectivity index (χ4n) is 7.14. The Bertz CT molecular complexity index is 1680. The molecule has 0 saturated carbocycles. The van der Waals surface area contributed by atoms with Gasteiger partial charge in [0.05, 0.1) is 53.9 Å². The fourth-order valence-corrected chi connectivity index (χ4v) is 7.14. The molecule has 6 rings (SSSR count). The number of hydrogen-bond donors (Lipinski definition) is 0. The van der Waals surface area contributed by atoms with E-state index in [0.29, 0.717) is 50.7 Å². The summed E-state index contributed by atoms with van der Waals surface area (Å²) in [5.74, 6) is 0.183. The monoisotopic (exact) mass is 593 g/mol. The summed E-state index contributed by atoms with van der Waals surface area (Å²) in [6.45, 7) is 10.0. The molecule has 1 amide bonds. The quantitative estimate of drug-likeness (QED) is 0.380. The summed E-state index contributed by atoms with van der Waals surface area (Å²) in [6.07, 6.45) is 6.27. The maximum Gasteiger partial charge on any atom is 0.246 e. The van der Waals surface area contributed by atoms with Gasteiger partial charge in [-0.2, -0.15) is 15.6 Å². The molecular weight excluding hydrogens is 554 g/mol. The number of hydrogen-bond acceptors (Lipinski definition) is 9. The zero-order valence-corrected chi connectivity index (χ0v) is 25.8. The molecule has 2 aromatic heterocycles. The molecule has 0 aliphatic carbocycles. The Morgan fingerprint density at radius 2 is 1.98 bits per heavy atom. The first-order valence-electron chi connectivity index (χ1n) is 15.3. The molecular formula is C33H39N9O2. The Morgan fingerprint density at radius 1 is 1.14 bits per heavy atom. The van der Waals surface area contributed by atoms with Gasteiger partial charge in [-0.05, 0) is 51.4 Å². The number of aryl methyl sites for hydroxylation is 2. The van der Waals surface area contributed by atoms with Gasteiger partial charge in [-0.15, -0.1) is 0 Å². The Hall–Kier alpha value is -4.61. The second-order valence-electron chi connectivity index (χ2n) is 12.1. The molecule has 3 aliphatic rings. The van der Waals surface area contributed by atoms with Crippen molar-refractivity contribution >= 4 is 28.2 Å². The summed E-state index contributed by atoms with van der Waals surface area (Å²) in [5.41, 5.74) is 6.59. The SMILES string of the molecule is C=CC(=O)N1CCN(c2c(C#N)c(OC[C@@H]3CCCN3C)nc3c2CCN(c2c(C)ccc4cnn(C)c24)C3)C[C@@H]1CC#N. The summed E-state index contributed by atoms with van der Waals surface area (Å²) < 4.78 is 8.34. The lowest BCUT2D eigenvalue weighted by Crippen LogP contribution is -2.55. The summed E-state index contributed by atoms with van der Waals surface area (Å²) in [5, 5.41) is 25.8. The van der Waals surface area contributed by atoms with Crippen molar-refractivity contribution in [3.8, 4) is 18.0 Å². The van der Waals surface area contributed by atoms with Crippen molar-refractivity contribution in [2.24, 2.45) is 7.05 Å². The van der Waals surface area contributed by atoms with E-state index >= 15 is 0 Å². The molecule has 0 N–H and O–H groups in total. The molecule has 2 fully saturated rings. The van der Waals surface area contributed by atoms with Gasteiger partial charge in [-0.3, -0.25) is 9.48 Å². The number of amides is 1. The number of ether oxygens (including phenoxy) is 1. The number of nitrogens with zero attached hydrogens (tertiary/aromatic N) is 9. The van der Waals surface area contributed by atoms with Crippen LogP contribution < -0.4 is 14.5 Å². The highest BCUT2D eigenvalue weighted by atomic mass is 16.5. The molecule has 2 atom stereocenters. The summed E-state index contributed by atoms with van der Waals surface area (Å²) in [7, 11) is 4.08. The van der Waals surface area contributed by atoms with E-state index in [-0.39, 0.29) is 24.4 Å². The largest absolute Gasteiger partial charge is 0.475 e. The van der Waals surface area contributed by atoms with Gasteiger partial charge in [-0.1, -0.05) is 18.7 Å². The van der Waals surface area contributed by atoms with Crippen LogP contribution in [0.15, 0.2) is 31.0 Å². The summed E-state index contributed by atoms with van der Waals surface area (Å²) in [6, 6.07) is 8.90. The van der Waals surface area contributed by atoms with Crippen LogP contribution in [0.2, 0.25) is 0 Å². The van der Waals surface area contributed by atoms with Crippen LogP contribution in [0.3, 0.4) is 0 Å². The molecule has 44 heavy (non-hydrogen) atoms. The molecule has 228 valence electrons. The van der Waals surface area contributed by atoms with Crippen molar-refractivity contribution in [1.29, 1.82) is 10.5 Å². The third-order valence-electron chi connectivity index (χ3n) is 9.47. The molecule has 2 saturated heterocycles. The second kappa shape index (κ2) is 12.2. The lowest BCUT2D eigenvalue weighted by molar-refractivity contribution is -0.128. The normalized spacial score (nSPS) is 20.3. The van der Waals surface area contributed by atoms with Gasteiger partial charge in [-0.25, -0.2) is 4.98 Å². The van der Waals surface area contributed by atoms with Crippen molar-refractivity contribution in [3.05, 3.63) is 53.4 Å². The number of piperazine rings is 1. The third-order valence-corrected chi connectivity index (χ3v) is 9.47. The molecule has 0 spiro atoms. The van der Waals surface area contributed by atoms with E-state index in [4.69, 9.17) is 9.72 Å². The van der Waals surface area contributed by atoms with E-state index in [2.05, 4.69) is 64.6 Å². The lowest BCUT2D eigenvalue weighted by atomic mass is 9.96. The second-order valence-corrected chi connectivity index (χ2v) is 12.1. The summed E-state index contributed by atoms with van der Waals surface area (Å²) in [4.78, 5) is 26.2. The van der Waals surface area contributed by atoms with E-state index in [1.165, 1.54) is 11.6 Å². The fraction of sp³-hybridized carbons (Fsp3) is 0.485. The zero-order chi connectivity index (χ0) is 31.0. The Morgan fingerprint density at radius 3 is 2.70 bits per heavy atom. The zero-order valence-electron chi connectivity index (χ0n) is 25.8. The number of aromatic nitrogens is 3. The molecule has 11 heteroatoms. The van der Waals surface area contributed by atoms with Crippen molar-refractivity contribution in [3.63, 3.8) is 0 Å². The van der Waals surface area contributed by atoms with Gasteiger partial charge >= 0.3 is 0 Å². The molecule has 0 bridgehead atoms. The van der Waals surface area contributed by atoms with Crippen LogP contribution in [0.1, 0.15) is 41.6 Å². The predicted octanol–water partition coefficient (Wildman–Crippen LogP) is 3.30. The number of fused-ring (bicyclic) bond motifs is 2. The van der Waals surface area contributed by atoms with Crippen molar-refractivity contribution in [2.45, 2.75) is 51.2 Å². The van der Waals surface area contributed by atoms with Crippen LogP contribution in [0.25, 0.3) is 10.9 Å². The van der Waals surface area contributed by atoms with Crippen LogP contribution in [-0.2, 0) is 24.8 Å². The van der Waals surface area contributed by atoms with Gasteiger partial charge < -0.3 is 24.3 Å². The summed E-state index contributed by atoms with van der Waals surface area (Å²) >= 11 is 0. The van der Waals surface area contributed by atoms with Gasteiger partial charge in [0.1, 0.15) is 18.2 Å². The van der Waals surface area contributed by atoms with E-state index < -0.39 is 0 Å². The molecule has 1 aromatic carbocycles. The van der Waals surface area contributed by atoms with Crippen LogP contribution in [0, 0.1) is 29.6 Å². The molecule has 5 heterocycles. The van der Waals surface area contributed by atoms with E-state index in [1.807, 2.05) is 17.9 Å². The number of likely N-dealkylation sites (N-methyl/N-ethyl adjacent to an activating group) is 1. The first kappa shape index (κ1) is 29.5. The molecule has 3 aromatic rings. The topological polar surface area (TPSA) is 118 Å². The number of pyridine rings is 1. The van der Waals surface area contributed by atoms with Crippen molar-refractivity contribution in [1.82, 2.24) is 24.6 Å². The minimum atomic E-state index is -0.309. The highest BCUT2D eigenvalue weighted by Gasteiger charge is 2.35. The predicted molar refractivity (Wildman–Crippen MR) is 168 cm³/mol. The van der Waals surface area contributed by atoms with Gasteiger partial charge in [0, 0.05) is 50.2 Å². The van der Waals surface area contributed by atoms with Crippen molar-refractivity contribution in [2.75, 3.05) is 56.2 Å². The smallest absolute Gasteiger partial charge is 0.246 e. The van der Waals surface area contributed by atoms with Gasteiger partial charge in [0.2, 0.25) is 11.8 Å². The van der Waals surface area contributed by atoms with Crippen molar-refractivity contribution < 1.29 is 9.53 Å². The average Bonchev–Trinajstić information content (AvgIpc) is 3.62. The molecule has 0 unspecified atom stereocenters. The van der Waals surface area contributed by atoms with Gasteiger partial charge in [0.15, 0.2) is 0 Å². The van der Waals surface area contributed by atoms with Crippen LogP contribution >= 0.6 is 0 Å². The van der Waals surface area contributed by atoms with Crippen LogP contribution in [0.5, 0.6) is 5.88 Å². The third kappa shape index (κ3) is 5.22. The Kier molecular flexibility index (Phi) is 8.15. The van der Waals surface area contributed by atoms with E-state index in [1.54, 1.807) is 4.90 Å². The number of rotatable bonds is 7. The average molecular weight is 594 g/mol. The number of carbonyl (C=O) groups is 1. The maximum absolute atomic E-state index is 12.6. The number of anilines is 2. The highest BCUT2D eigenvalue weighted by molar-refractivity contribution is 5.93. The Balaban J connectivity index is 1.41. The highest BCUT2D eigenvalue weighted by Crippen LogP contribution is 2.40. The van der Waals surface area contributed by atoms with E-state index in [0.717, 1.165) is 59.5 Å². The van der Waals surface area contributed by atoms with Crippen LogP contribution in [0.4, 0.5) is 11.4 Å². The molecule has 0 radical (unpaired) electrons. The number of carbonyl (C=O) groups excluding carboxylic acids is 1. The first-order chi connectivity index (χ1) is 21.3. The standard InChI is InChI=1S/C33H39N9O2/c1-5-29(43)42-16-15-41(19-24(42)10-12-34)32-26-11-14-40(30-22(2)8-9-23-18-36-39(4)31(23)30)20-28(26)37-33(27(32)17-35)44-21-25-7-6-13-38(25)3/h5,8-9,18,24-25H,1,6-7,10-11,13-16,19-21H2,2-4H3/t24-,25-/m0/s1. The molecule has 3 aliphatic heterocycles. The Labute approximate surface area is 258 Å². The first-order valence-corrected chi connectivity index (χ1v) is 15.3. The minimum Gasteiger partial charge on any atom is -0.475 e. The number of likely N-dealkylation sites (tertiary alicyclic amines) is 1. The maximum atomic E-state index is 12.6. The van der Waals surface area contributed by atoms with Gasteiger partial charge in [0.25, 0.3) is 0 Å². The minimum absolute atomic E-state index is 0.178. The number of benzene rings is 1.